The number of thiophene rings is 1. The molecule has 1 amide bonds. The molecule has 3 aromatic rings. The van der Waals surface area contributed by atoms with Crippen molar-refractivity contribution in [2.75, 3.05) is 17.7 Å². The van der Waals surface area contributed by atoms with Crippen LogP contribution in [-0.2, 0) is 23.2 Å². The number of nitrogens with zero attached hydrogens (tertiary/aromatic N) is 3. The number of esters is 1. The first-order valence-corrected chi connectivity index (χ1v) is 12.3. The highest BCUT2D eigenvalue weighted by Gasteiger charge is 2.22. The molecule has 0 fully saturated rings. The molecule has 0 aliphatic rings. The van der Waals surface area contributed by atoms with E-state index < -0.39 is 5.97 Å². The Morgan fingerprint density at radius 2 is 1.91 bits per heavy atom. The summed E-state index contributed by atoms with van der Waals surface area (Å²) >= 11 is 2.64. The van der Waals surface area contributed by atoms with Crippen molar-refractivity contribution in [3.63, 3.8) is 0 Å². The average molecular weight is 489 g/mol. The van der Waals surface area contributed by atoms with E-state index in [4.69, 9.17) is 9.47 Å². The molecule has 176 valence electrons. The molecule has 0 bridgehead atoms. The van der Waals surface area contributed by atoms with Gasteiger partial charge in [-0.25, -0.2) is 4.79 Å². The molecular weight excluding hydrogens is 460 g/mol. The summed E-state index contributed by atoms with van der Waals surface area (Å²) in [6.45, 7) is 10.1. The van der Waals surface area contributed by atoms with E-state index in [0.717, 1.165) is 27.3 Å². The monoisotopic (exact) mass is 488 g/mol. The Morgan fingerprint density at radius 3 is 2.64 bits per heavy atom. The zero-order valence-electron chi connectivity index (χ0n) is 19.6. The maximum atomic E-state index is 12.6. The first-order valence-electron chi connectivity index (χ1n) is 10.5. The van der Waals surface area contributed by atoms with Gasteiger partial charge in [0, 0.05) is 11.9 Å². The van der Waals surface area contributed by atoms with Gasteiger partial charge >= 0.3 is 5.97 Å². The first kappa shape index (κ1) is 24.8. The van der Waals surface area contributed by atoms with Gasteiger partial charge < -0.3 is 19.4 Å². The van der Waals surface area contributed by atoms with Gasteiger partial charge in [-0.15, -0.1) is 21.5 Å². The van der Waals surface area contributed by atoms with Gasteiger partial charge in [-0.3, -0.25) is 4.79 Å². The van der Waals surface area contributed by atoms with Gasteiger partial charge in [0.05, 0.1) is 17.9 Å². The Labute approximate surface area is 201 Å². The Morgan fingerprint density at radius 1 is 1.15 bits per heavy atom. The lowest BCUT2D eigenvalue weighted by molar-refractivity contribution is -0.113. The molecule has 8 nitrogen and oxygen atoms in total. The Hall–Kier alpha value is -2.85. The summed E-state index contributed by atoms with van der Waals surface area (Å²) < 4.78 is 12.9. The summed E-state index contributed by atoms with van der Waals surface area (Å²) in [5, 5.41) is 12.3. The standard InChI is InChI=1S/C23H28N4O4S2/c1-7-30-22(29)20-15(4)16(5)33-21(20)24-19(28)12-32-23-26-25-18(27(23)6)11-31-17-10-8-9-13(2)14(17)3/h8-10H,7,11-12H2,1-6H3,(H,24,28). The number of hydrogen-bond donors (Lipinski definition) is 1. The van der Waals surface area contributed by atoms with Gasteiger partial charge in [-0.2, -0.15) is 0 Å². The molecule has 3 rings (SSSR count). The van der Waals surface area contributed by atoms with Gasteiger partial charge in [0.2, 0.25) is 5.91 Å². The van der Waals surface area contributed by atoms with Crippen molar-refractivity contribution in [2.45, 2.75) is 46.4 Å². The highest BCUT2D eigenvalue weighted by atomic mass is 32.2. The second kappa shape index (κ2) is 10.8. The number of anilines is 1. The summed E-state index contributed by atoms with van der Waals surface area (Å²) in [6, 6.07) is 5.92. The third kappa shape index (κ3) is 5.75. The third-order valence-electron chi connectivity index (χ3n) is 5.29. The number of thioether (sulfide) groups is 1. The molecule has 2 heterocycles. The van der Waals surface area contributed by atoms with E-state index in [1.54, 1.807) is 6.92 Å². The fraction of sp³-hybridized carbons (Fsp3) is 0.391. The van der Waals surface area contributed by atoms with Gasteiger partial charge in [0.1, 0.15) is 17.4 Å². The minimum Gasteiger partial charge on any atom is -0.485 e. The number of rotatable bonds is 9. The third-order valence-corrected chi connectivity index (χ3v) is 7.43. The summed E-state index contributed by atoms with van der Waals surface area (Å²) in [6.07, 6.45) is 0. The summed E-state index contributed by atoms with van der Waals surface area (Å²) in [7, 11) is 1.84. The van der Waals surface area contributed by atoms with Gasteiger partial charge in [0.25, 0.3) is 0 Å². The van der Waals surface area contributed by atoms with E-state index in [9.17, 15) is 9.59 Å². The molecule has 0 saturated carbocycles. The van der Waals surface area contributed by atoms with Crippen LogP contribution >= 0.6 is 23.1 Å². The van der Waals surface area contributed by atoms with Crippen molar-refractivity contribution < 1.29 is 19.1 Å². The van der Waals surface area contributed by atoms with Crippen LogP contribution in [0, 0.1) is 27.7 Å². The number of benzene rings is 1. The molecule has 1 aromatic carbocycles. The predicted molar refractivity (Wildman–Crippen MR) is 130 cm³/mol. The zero-order valence-corrected chi connectivity index (χ0v) is 21.3. The van der Waals surface area contributed by atoms with E-state index >= 15 is 0 Å². The molecule has 0 atom stereocenters. The largest absolute Gasteiger partial charge is 0.485 e. The number of carbonyl (C=O) groups excluding carboxylic acids is 2. The Balaban J connectivity index is 1.60. The maximum absolute atomic E-state index is 12.6. The maximum Gasteiger partial charge on any atom is 0.341 e. The summed E-state index contributed by atoms with van der Waals surface area (Å²) in [5.74, 6) is 0.938. The number of aromatic nitrogens is 3. The van der Waals surface area contributed by atoms with Crippen molar-refractivity contribution in [3.8, 4) is 5.75 Å². The van der Waals surface area contributed by atoms with Crippen LogP contribution in [0.15, 0.2) is 23.4 Å². The number of amides is 1. The molecule has 10 heteroatoms. The van der Waals surface area contributed by atoms with Crippen LogP contribution < -0.4 is 10.1 Å². The number of nitrogens with one attached hydrogen (secondary N) is 1. The van der Waals surface area contributed by atoms with Crippen LogP contribution in [0.25, 0.3) is 0 Å². The summed E-state index contributed by atoms with van der Waals surface area (Å²) in [4.78, 5) is 25.8. The lowest BCUT2D eigenvalue weighted by atomic mass is 10.1. The molecule has 1 N–H and O–H groups in total. The molecular formula is C23H28N4O4S2. The highest BCUT2D eigenvalue weighted by Crippen LogP contribution is 2.33. The minimum atomic E-state index is -0.427. The van der Waals surface area contributed by atoms with Crippen molar-refractivity contribution in [3.05, 3.63) is 51.2 Å². The lowest BCUT2D eigenvalue weighted by Crippen LogP contribution is -2.16. The molecule has 0 unspecified atom stereocenters. The van der Waals surface area contributed by atoms with Crippen molar-refractivity contribution in [2.24, 2.45) is 7.05 Å². The Kier molecular flexibility index (Phi) is 8.15. The van der Waals surface area contributed by atoms with Crippen LogP contribution in [0.3, 0.4) is 0 Å². The number of hydrogen-bond acceptors (Lipinski definition) is 8. The van der Waals surface area contributed by atoms with E-state index in [1.807, 2.05) is 57.5 Å². The minimum absolute atomic E-state index is 0.127. The molecule has 0 aliphatic carbocycles. The fourth-order valence-electron chi connectivity index (χ4n) is 3.08. The molecule has 0 radical (unpaired) electrons. The average Bonchev–Trinajstić information content (AvgIpc) is 3.26. The number of ether oxygens (including phenoxy) is 2. The van der Waals surface area contributed by atoms with Crippen LogP contribution in [0.2, 0.25) is 0 Å². The van der Waals surface area contributed by atoms with Gasteiger partial charge in [-0.05, 0) is 57.4 Å². The molecule has 0 saturated heterocycles. The van der Waals surface area contributed by atoms with Crippen molar-refractivity contribution in [1.82, 2.24) is 14.8 Å². The van der Waals surface area contributed by atoms with Crippen molar-refractivity contribution in [1.29, 1.82) is 0 Å². The molecule has 33 heavy (non-hydrogen) atoms. The summed E-state index contributed by atoms with van der Waals surface area (Å²) in [5.41, 5.74) is 3.49. The quantitative estimate of drug-likeness (QED) is 0.347. The van der Waals surface area contributed by atoms with E-state index in [0.29, 0.717) is 21.5 Å². The van der Waals surface area contributed by atoms with E-state index in [1.165, 1.54) is 23.1 Å². The smallest absolute Gasteiger partial charge is 0.341 e. The first-order chi connectivity index (χ1) is 15.7. The highest BCUT2D eigenvalue weighted by molar-refractivity contribution is 7.99. The molecule has 0 aliphatic heterocycles. The second-order valence-electron chi connectivity index (χ2n) is 7.49. The van der Waals surface area contributed by atoms with Crippen LogP contribution in [-0.4, -0.2) is 39.0 Å². The lowest BCUT2D eigenvalue weighted by Gasteiger charge is -2.10. The van der Waals surface area contributed by atoms with Crippen LogP contribution in [0.5, 0.6) is 5.75 Å². The van der Waals surface area contributed by atoms with E-state index in [2.05, 4.69) is 15.5 Å². The Bertz CT molecular complexity index is 1170. The SMILES string of the molecule is CCOC(=O)c1c(NC(=O)CSc2nnc(COc3cccc(C)c3C)n2C)sc(C)c1C. The predicted octanol–water partition coefficient (Wildman–Crippen LogP) is 4.60. The normalized spacial score (nSPS) is 10.8. The number of carbonyl (C=O) groups is 2. The number of aryl methyl sites for hydroxylation is 2. The van der Waals surface area contributed by atoms with Crippen LogP contribution in [0.4, 0.5) is 5.00 Å². The molecule has 2 aromatic heterocycles. The molecule has 0 spiro atoms. The fourth-order valence-corrected chi connectivity index (χ4v) is 4.87. The topological polar surface area (TPSA) is 95.3 Å². The van der Waals surface area contributed by atoms with Gasteiger partial charge in [-0.1, -0.05) is 23.9 Å². The van der Waals surface area contributed by atoms with Crippen molar-refractivity contribution >= 4 is 40.0 Å². The zero-order chi connectivity index (χ0) is 24.1. The van der Waals surface area contributed by atoms with Gasteiger partial charge in [0.15, 0.2) is 11.0 Å². The van der Waals surface area contributed by atoms with E-state index in [-0.39, 0.29) is 24.9 Å². The second-order valence-corrected chi connectivity index (χ2v) is 9.66. The van der Waals surface area contributed by atoms with Crippen LogP contribution in [0.1, 0.15) is 44.7 Å².